The van der Waals surface area contributed by atoms with Crippen LogP contribution < -0.4 is 0 Å². The first-order valence-electron chi connectivity index (χ1n) is 6.86. The van der Waals surface area contributed by atoms with Crippen LogP contribution in [0.5, 0.6) is 0 Å². The highest BCUT2D eigenvalue weighted by atomic mass is 79.9. The van der Waals surface area contributed by atoms with Crippen LogP contribution in [0.2, 0.25) is 0 Å². The van der Waals surface area contributed by atoms with Gasteiger partial charge in [-0.15, -0.1) is 0 Å². The molecule has 2 atom stereocenters. The summed E-state index contributed by atoms with van der Waals surface area (Å²) < 4.78 is 28.0. The van der Waals surface area contributed by atoms with Crippen molar-refractivity contribution < 1.29 is 18.7 Å². The fourth-order valence-corrected chi connectivity index (χ4v) is 3.34. The van der Waals surface area contributed by atoms with E-state index >= 15 is 0 Å². The number of carbonyl (C=O) groups is 1. The maximum Gasteiger partial charge on any atom is 0.306 e. The number of halogens is 3. The molecule has 0 amide bonds. The SMILES string of the molecule is O=C(O)C1CCCCCC1Cc1c(F)ccc(Br)c1F. The van der Waals surface area contributed by atoms with Gasteiger partial charge >= 0.3 is 5.97 Å². The Hall–Kier alpha value is -0.970. The Labute approximate surface area is 125 Å². The molecule has 20 heavy (non-hydrogen) atoms. The second-order valence-corrected chi connectivity index (χ2v) is 6.22. The quantitative estimate of drug-likeness (QED) is 0.643. The summed E-state index contributed by atoms with van der Waals surface area (Å²) >= 11 is 3.05. The molecule has 110 valence electrons. The van der Waals surface area contributed by atoms with Crippen LogP contribution in [0.15, 0.2) is 16.6 Å². The Morgan fingerprint density at radius 1 is 1.25 bits per heavy atom. The fourth-order valence-electron chi connectivity index (χ4n) is 2.97. The van der Waals surface area contributed by atoms with Crippen LogP contribution in [0.4, 0.5) is 8.78 Å². The topological polar surface area (TPSA) is 37.3 Å². The number of carboxylic acid groups (broad SMARTS) is 1. The molecule has 0 bridgehead atoms. The van der Waals surface area contributed by atoms with Crippen LogP contribution in [0, 0.1) is 23.5 Å². The van der Waals surface area contributed by atoms with Crippen molar-refractivity contribution in [3.63, 3.8) is 0 Å². The lowest BCUT2D eigenvalue weighted by Gasteiger charge is -2.22. The maximum atomic E-state index is 14.0. The van der Waals surface area contributed by atoms with Crippen molar-refractivity contribution in [1.82, 2.24) is 0 Å². The van der Waals surface area contributed by atoms with Gasteiger partial charge in [-0.25, -0.2) is 8.78 Å². The van der Waals surface area contributed by atoms with E-state index in [1.165, 1.54) is 12.1 Å². The van der Waals surface area contributed by atoms with E-state index in [0.29, 0.717) is 12.8 Å². The van der Waals surface area contributed by atoms with Crippen molar-refractivity contribution in [1.29, 1.82) is 0 Å². The molecular weight excluding hydrogens is 330 g/mol. The molecule has 0 saturated heterocycles. The molecule has 0 aliphatic heterocycles. The monoisotopic (exact) mass is 346 g/mol. The zero-order valence-electron chi connectivity index (χ0n) is 11.0. The van der Waals surface area contributed by atoms with E-state index in [0.717, 1.165) is 19.3 Å². The van der Waals surface area contributed by atoms with Gasteiger partial charge in [0.05, 0.1) is 10.4 Å². The molecule has 0 aromatic heterocycles. The highest BCUT2D eigenvalue weighted by molar-refractivity contribution is 9.10. The summed E-state index contributed by atoms with van der Waals surface area (Å²) in [5, 5.41) is 9.31. The van der Waals surface area contributed by atoms with Crippen molar-refractivity contribution in [2.75, 3.05) is 0 Å². The van der Waals surface area contributed by atoms with E-state index in [-0.39, 0.29) is 22.4 Å². The van der Waals surface area contributed by atoms with Crippen LogP contribution in [-0.4, -0.2) is 11.1 Å². The molecule has 2 nitrogen and oxygen atoms in total. The summed E-state index contributed by atoms with van der Waals surface area (Å²) in [6.07, 6.45) is 4.24. The van der Waals surface area contributed by atoms with Gasteiger partial charge in [0.2, 0.25) is 0 Å². The summed E-state index contributed by atoms with van der Waals surface area (Å²) in [4.78, 5) is 11.3. The van der Waals surface area contributed by atoms with Gasteiger partial charge in [0, 0.05) is 5.56 Å². The molecule has 1 aliphatic rings. The Morgan fingerprint density at radius 2 is 1.95 bits per heavy atom. The zero-order valence-corrected chi connectivity index (χ0v) is 12.6. The van der Waals surface area contributed by atoms with Crippen molar-refractivity contribution in [3.05, 3.63) is 33.8 Å². The molecule has 1 aromatic rings. The summed E-state index contributed by atoms with van der Waals surface area (Å²) in [6, 6.07) is 2.55. The van der Waals surface area contributed by atoms with Gasteiger partial charge in [-0.05, 0) is 53.2 Å². The van der Waals surface area contributed by atoms with Gasteiger partial charge in [0.15, 0.2) is 0 Å². The minimum absolute atomic E-state index is 0.00229. The lowest BCUT2D eigenvalue weighted by atomic mass is 9.83. The van der Waals surface area contributed by atoms with Crippen LogP contribution >= 0.6 is 15.9 Å². The molecule has 1 saturated carbocycles. The lowest BCUT2D eigenvalue weighted by Crippen LogP contribution is -2.25. The van der Waals surface area contributed by atoms with Crippen molar-refractivity contribution >= 4 is 21.9 Å². The molecule has 1 N–H and O–H groups in total. The molecule has 1 fully saturated rings. The Morgan fingerprint density at radius 3 is 2.65 bits per heavy atom. The molecular formula is C15H17BrF2O2. The average Bonchev–Trinajstić information content (AvgIpc) is 2.64. The number of hydrogen-bond donors (Lipinski definition) is 1. The normalized spacial score (nSPS) is 23.4. The largest absolute Gasteiger partial charge is 0.481 e. The third-order valence-corrected chi connectivity index (χ3v) is 4.69. The first-order valence-corrected chi connectivity index (χ1v) is 7.65. The smallest absolute Gasteiger partial charge is 0.306 e. The van der Waals surface area contributed by atoms with Crippen LogP contribution in [-0.2, 0) is 11.2 Å². The second kappa shape index (κ2) is 6.66. The van der Waals surface area contributed by atoms with Crippen LogP contribution in [0.3, 0.4) is 0 Å². The number of aliphatic carboxylic acids is 1. The summed E-state index contributed by atoms with van der Waals surface area (Å²) in [7, 11) is 0. The molecule has 0 radical (unpaired) electrons. The van der Waals surface area contributed by atoms with Crippen molar-refractivity contribution in [2.24, 2.45) is 11.8 Å². The standard InChI is InChI=1S/C15H17BrF2O2/c16-12-6-7-13(17)11(14(12)18)8-9-4-2-1-3-5-10(9)15(19)20/h6-7,9-10H,1-5,8H2,(H,19,20). The van der Waals surface area contributed by atoms with Gasteiger partial charge in [-0.1, -0.05) is 19.3 Å². The Kier molecular flexibility index (Phi) is 5.13. The molecule has 2 rings (SSSR count). The van der Waals surface area contributed by atoms with Crippen molar-refractivity contribution in [3.8, 4) is 0 Å². The molecule has 2 unspecified atom stereocenters. The second-order valence-electron chi connectivity index (χ2n) is 5.37. The maximum absolute atomic E-state index is 14.0. The van der Waals surface area contributed by atoms with E-state index in [9.17, 15) is 18.7 Å². The molecule has 1 aliphatic carbocycles. The van der Waals surface area contributed by atoms with Crippen molar-refractivity contribution in [2.45, 2.75) is 38.5 Å². The predicted octanol–water partition coefficient (Wildman–Crippen LogP) is 4.55. The summed E-state index contributed by atoms with van der Waals surface area (Å²) in [5.41, 5.74) is -0.00229. The van der Waals surface area contributed by atoms with E-state index in [2.05, 4.69) is 15.9 Å². The van der Waals surface area contributed by atoms with Gasteiger partial charge in [0.25, 0.3) is 0 Å². The molecule has 0 spiro atoms. The Balaban J connectivity index is 2.26. The average molecular weight is 347 g/mol. The number of carboxylic acids is 1. The third kappa shape index (κ3) is 3.37. The summed E-state index contributed by atoms with van der Waals surface area (Å²) in [6.45, 7) is 0. The number of rotatable bonds is 3. The predicted molar refractivity (Wildman–Crippen MR) is 75.5 cm³/mol. The van der Waals surface area contributed by atoms with Gasteiger partial charge in [-0.2, -0.15) is 0 Å². The fraction of sp³-hybridized carbons (Fsp3) is 0.533. The Bertz CT molecular complexity index is 505. The minimum Gasteiger partial charge on any atom is -0.481 e. The third-order valence-electron chi connectivity index (χ3n) is 4.08. The minimum atomic E-state index is -0.854. The van der Waals surface area contributed by atoms with E-state index in [1.54, 1.807) is 0 Å². The lowest BCUT2D eigenvalue weighted by molar-refractivity contribution is -0.143. The van der Waals surface area contributed by atoms with E-state index in [1.807, 2.05) is 0 Å². The van der Waals surface area contributed by atoms with Crippen LogP contribution in [0.25, 0.3) is 0 Å². The first-order chi connectivity index (χ1) is 9.50. The highest BCUT2D eigenvalue weighted by Gasteiger charge is 2.31. The van der Waals surface area contributed by atoms with Gasteiger partial charge in [-0.3, -0.25) is 4.79 Å². The zero-order chi connectivity index (χ0) is 14.7. The van der Waals surface area contributed by atoms with Gasteiger partial charge in [0.1, 0.15) is 11.6 Å². The van der Waals surface area contributed by atoms with E-state index in [4.69, 9.17) is 0 Å². The van der Waals surface area contributed by atoms with Gasteiger partial charge < -0.3 is 5.11 Å². The summed E-state index contributed by atoms with van der Waals surface area (Å²) in [5.74, 6) is -2.77. The number of benzene rings is 1. The molecule has 5 heteroatoms. The van der Waals surface area contributed by atoms with E-state index < -0.39 is 23.5 Å². The first kappa shape index (κ1) is 15.4. The van der Waals surface area contributed by atoms with Crippen LogP contribution in [0.1, 0.15) is 37.7 Å². The number of hydrogen-bond acceptors (Lipinski definition) is 1. The molecule has 1 aromatic carbocycles. The highest BCUT2D eigenvalue weighted by Crippen LogP contribution is 2.34. The molecule has 0 heterocycles.